The van der Waals surface area contributed by atoms with Crippen molar-refractivity contribution >= 4 is 0 Å². The van der Waals surface area contributed by atoms with Crippen molar-refractivity contribution in [3.05, 3.63) is 0 Å². The highest BCUT2D eigenvalue weighted by atomic mass is 16.3. The largest absolute Gasteiger partial charge is 0.393 e. The first-order valence-corrected chi connectivity index (χ1v) is 4.60. The second-order valence-electron chi connectivity index (χ2n) is 3.35. The van der Waals surface area contributed by atoms with E-state index in [1.807, 2.05) is 6.92 Å². The van der Waals surface area contributed by atoms with Crippen LogP contribution in [0.4, 0.5) is 0 Å². The highest BCUT2D eigenvalue weighted by Gasteiger charge is 2.03. The van der Waals surface area contributed by atoms with Crippen molar-refractivity contribution < 1.29 is 5.11 Å². The first kappa shape index (κ1) is 10.9. The van der Waals surface area contributed by atoms with Gasteiger partial charge < -0.3 is 10.8 Å². The molecule has 2 atom stereocenters. The molecule has 0 spiro atoms. The molecule has 68 valence electrons. The Bertz CT molecular complexity index is 83.6. The first-order valence-electron chi connectivity index (χ1n) is 4.60. The van der Waals surface area contributed by atoms with Crippen molar-refractivity contribution in [3.8, 4) is 0 Å². The van der Waals surface area contributed by atoms with E-state index in [-0.39, 0.29) is 12.1 Å². The Kier molecular flexibility index (Phi) is 6.57. The van der Waals surface area contributed by atoms with E-state index in [9.17, 15) is 5.11 Å². The molecule has 0 aliphatic heterocycles. The van der Waals surface area contributed by atoms with Gasteiger partial charge in [-0.25, -0.2) is 0 Å². The summed E-state index contributed by atoms with van der Waals surface area (Å²) < 4.78 is 0. The van der Waals surface area contributed by atoms with Crippen LogP contribution in [0.3, 0.4) is 0 Å². The topological polar surface area (TPSA) is 46.2 Å². The van der Waals surface area contributed by atoms with Crippen molar-refractivity contribution in [2.45, 2.75) is 58.1 Å². The van der Waals surface area contributed by atoms with Crippen molar-refractivity contribution in [2.24, 2.45) is 5.73 Å². The van der Waals surface area contributed by atoms with E-state index in [0.29, 0.717) is 0 Å². The lowest BCUT2D eigenvalue weighted by Gasteiger charge is -2.10. The third kappa shape index (κ3) is 7.82. The molecule has 0 radical (unpaired) electrons. The average molecular weight is 159 g/mol. The molecule has 0 aliphatic rings. The third-order valence-electron chi connectivity index (χ3n) is 1.85. The maximum absolute atomic E-state index is 9.37. The van der Waals surface area contributed by atoms with Gasteiger partial charge in [0, 0.05) is 6.04 Å². The smallest absolute Gasteiger partial charge is 0.0540 e. The number of hydrogen-bond acceptors (Lipinski definition) is 2. The minimum atomic E-state index is -0.124. The SMILES string of the molecule is CCCCC(O)CCC(C)N. The van der Waals surface area contributed by atoms with Gasteiger partial charge in [0.1, 0.15) is 0 Å². The van der Waals surface area contributed by atoms with Crippen LogP contribution in [0.15, 0.2) is 0 Å². The average Bonchev–Trinajstić information content (AvgIpc) is 1.97. The number of aliphatic hydroxyl groups excluding tert-OH is 1. The molecule has 0 saturated carbocycles. The summed E-state index contributed by atoms with van der Waals surface area (Å²) in [6.45, 7) is 4.12. The van der Waals surface area contributed by atoms with E-state index in [0.717, 1.165) is 32.1 Å². The Balaban J connectivity index is 3.15. The Morgan fingerprint density at radius 1 is 1.27 bits per heavy atom. The standard InChI is InChI=1S/C9H21NO/c1-3-4-5-9(11)7-6-8(2)10/h8-9,11H,3-7,10H2,1-2H3. The fraction of sp³-hybridized carbons (Fsp3) is 1.00. The Labute approximate surface area is 69.8 Å². The monoisotopic (exact) mass is 159 g/mol. The van der Waals surface area contributed by atoms with Gasteiger partial charge in [0.05, 0.1) is 6.10 Å². The van der Waals surface area contributed by atoms with Crippen LogP contribution < -0.4 is 5.73 Å². The van der Waals surface area contributed by atoms with Gasteiger partial charge >= 0.3 is 0 Å². The summed E-state index contributed by atoms with van der Waals surface area (Å²) in [5.41, 5.74) is 5.56. The number of rotatable bonds is 6. The molecule has 11 heavy (non-hydrogen) atoms. The van der Waals surface area contributed by atoms with Crippen LogP contribution in [-0.4, -0.2) is 17.3 Å². The van der Waals surface area contributed by atoms with Crippen LogP contribution in [-0.2, 0) is 0 Å². The van der Waals surface area contributed by atoms with Crippen molar-refractivity contribution in [2.75, 3.05) is 0 Å². The molecule has 2 heteroatoms. The van der Waals surface area contributed by atoms with Gasteiger partial charge in [-0.05, 0) is 26.2 Å². The molecule has 3 N–H and O–H groups in total. The lowest BCUT2D eigenvalue weighted by Crippen LogP contribution is -2.18. The van der Waals surface area contributed by atoms with Crippen molar-refractivity contribution in [1.82, 2.24) is 0 Å². The molecule has 0 amide bonds. The van der Waals surface area contributed by atoms with E-state index < -0.39 is 0 Å². The van der Waals surface area contributed by atoms with Crippen molar-refractivity contribution in [1.29, 1.82) is 0 Å². The lowest BCUT2D eigenvalue weighted by molar-refractivity contribution is 0.147. The highest BCUT2D eigenvalue weighted by Crippen LogP contribution is 2.07. The van der Waals surface area contributed by atoms with Gasteiger partial charge in [0.2, 0.25) is 0 Å². The van der Waals surface area contributed by atoms with Gasteiger partial charge in [-0.15, -0.1) is 0 Å². The summed E-state index contributed by atoms with van der Waals surface area (Å²) in [6.07, 6.45) is 4.89. The molecular weight excluding hydrogens is 138 g/mol. The maximum Gasteiger partial charge on any atom is 0.0540 e. The highest BCUT2D eigenvalue weighted by molar-refractivity contribution is 4.60. The molecule has 0 rings (SSSR count). The van der Waals surface area contributed by atoms with Gasteiger partial charge in [-0.3, -0.25) is 0 Å². The number of nitrogens with two attached hydrogens (primary N) is 1. The molecule has 0 bridgehead atoms. The van der Waals surface area contributed by atoms with E-state index >= 15 is 0 Å². The van der Waals surface area contributed by atoms with Crippen LogP contribution in [0, 0.1) is 0 Å². The van der Waals surface area contributed by atoms with Crippen molar-refractivity contribution in [3.63, 3.8) is 0 Å². The third-order valence-corrected chi connectivity index (χ3v) is 1.85. The molecule has 0 fully saturated rings. The second-order valence-corrected chi connectivity index (χ2v) is 3.35. The normalized spacial score (nSPS) is 16.4. The summed E-state index contributed by atoms with van der Waals surface area (Å²) in [4.78, 5) is 0. The summed E-state index contributed by atoms with van der Waals surface area (Å²) in [5, 5.41) is 9.37. The van der Waals surface area contributed by atoms with E-state index in [1.165, 1.54) is 0 Å². The fourth-order valence-electron chi connectivity index (χ4n) is 1.04. The molecule has 2 nitrogen and oxygen atoms in total. The molecule has 0 aliphatic carbocycles. The molecule has 0 heterocycles. The molecule has 0 aromatic heterocycles. The second kappa shape index (κ2) is 6.62. The minimum Gasteiger partial charge on any atom is -0.393 e. The van der Waals surface area contributed by atoms with Crippen LogP contribution >= 0.6 is 0 Å². The van der Waals surface area contributed by atoms with Gasteiger partial charge in [-0.1, -0.05) is 19.8 Å². The number of unbranched alkanes of at least 4 members (excludes halogenated alkanes) is 1. The predicted octanol–water partition coefficient (Wildman–Crippen LogP) is 1.66. The zero-order chi connectivity index (χ0) is 8.69. The summed E-state index contributed by atoms with van der Waals surface area (Å²) in [7, 11) is 0. The minimum absolute atomic E-state index is 0.124. The van der Waals surface area contributed by atoms with Crippen LogP contribution in [0.2, 0.25) is 0 Å². The zero-order valence-corrected chi connectivity index (χ0v) is 7.71. The molecule has 0 aromatic carbocycles. The summed E-state index contributed by atoms with van der Waals surface area (Å²) in [6, 6.07) is 0.228. The fourth-order valence-corrected chi connectivity index (χ4v) is 1.04. The quantitative estimate of drug-likeness (QED) is 0.619. The number of hydrogen-bond donors (Lipinski definition) is 2. The van der Waals surface area contributed by atoms with Gasteiger partial charge in [0.25, 0.3) is 0 Å². The van der Waals surface area contributed by atoms with Crippen LogP contribution in [0.1, 0.15) is 46.0 Å². The summed E-state index contributed by atoms with van der Waals surface area (Å²) in [5.74, 6) is 0. The first-order chi connectivity index (χ1) is 5.16. The van der Waals surface area contributed by atoms with E-state index in [2.05, 4.69) is 6.92 Å². The predicted molar refractivity (Wildman–Crippen MR) is 48.4 cm³/mol. The lowest BCUT2D eigenvalue weighted by atomic mass is 10.1. The molecule has 2 unspecified atom stereocenters. The Morgan fingerprint density at radius 2 is 1.91 bits per heavy atom. The molecule has 0 aromatic rings. The van der Waals surface area contributed by atoms with E-state index in [1.54, 1.807) is 0 Å². The Morgan fingerprint density at radius 3 is 2.36 bits per heavy atom. The molecule has 0 saturated heterocycles. The van der Waals surface area contributed by atoms with E-state index in [4.69, 9.17) is 5.73 Å². The van der Waals surface area contributed by atoms with Gasteiger partial charge in [-0.2, -0.15) is 0 Å². The van der Waals surface area contributed by atoms with Gasteiger partial charge in [0.15, 0.2) is 0 Å². The van der Waals surface area contributed by atoms with Crippen LogP contribution in [0.5, 0.6) is 0 Å². The zero-order valence-electron chi connectivity index (χ0n) is 7.71. The summed E-state index contributed by atoms with van der Waals surface area (Å²) >= 11 is 0. The maximum atomic E-state index is 9.37. The Hall–Kier alpha value is -0.0800. The molecular formula is C9H21NO. The van der Waals surface area contributed by atoms with Crippen LogP contribution in [0.25, 0.3) is 0 Å². The number of aliphatic hydroxyl groups is 1.